The first-order valence-electron chi connectivity index (χ1n) is 4.23. The molecule has 0 aliphatic carbocycles. The van der Waals surface area contributed by atoms with Crippen molar-refractivity contribution in [3.8, 4) is 0 Å². The standard InChI is InChI=1S/C9H13NO3/c1-2-7(6-11)10-5-8(12)3-4-9(10)13/h2,7,11H,1,3-6H2/t7-/m1/s1. The van der Waals surface area contributed by atoms with Gasteiger partial charge >= 0.3 is 0 Å². The number of ketones is 1. The summed E-state index contributed by atoms with van der Waals surface area (Å²) < 4.78 is 0. The molecular formula is C9H13NO3. The molecule has 1 rings (SSSR count). The lowest BCUT2D eigenvalue weighted by molar-refractivity contribution is -0.142. The molecule has 4 nitrogen and oxygen atoms in total. The Hall–Kier alpha value is -1.16. The minimum atomic E-state index is -0.420. The van der Waals surface area contributed by atoms with Gasteiger partial charge in [-0.05, 0) is 0 Å². The van der Waals surface area contributed by atoms with Crippen molar-refractivity contribution in [2.24, 2.45) is 0 Å². The number of amides is 1. The largest absolute Gasteiger partial charge is 0.394 e. The maximum Gasteiger partial charge on any atom is 0.223 e. The van der Waals surface area contributed by atoms with Crippen LogP contribution in [0.2, 0.25) is 0 Å². The maximum atomic E-state index is 11.3. The lowest BCUT2D eigenvalue weighted by Gasteiger charge is -2.30. The second kappa shape index (κ2) is 4.18. The predicted octanol–water partition coefficient (Wildman–Crippen LogP) is -0.275. The smallest absolute Gasteiger partial charge is 0.223 e. The monoisotopic (exact) mass is 183 g/mol. The van der Waals surface area contributed by atoms with E-state index < -0.39 is 6.04 Å². The Kier molecular flexibility index (Phi) is 3.19. The third-order valence-corrected chi connectivity index (χ3v) is 2.14. The first-order valence-corrected chi connectivity index (χ1v) is 4.23. The van der Waals surface area contributed by atoms with Crippen LogP contribution in [0.4, 0.5) is 0 Å². The molecule has 1 aliphatic rings. The Morgan fingerprint density at radius 2 is 2.23 bits per heavy atom. The fourth-order valence-electron chi connectivity index (χ4n) is 1.35. The van der Waals surface area contributed by atoms with E-state index in [0.29, 0.717) is 6.42 Å². The second-order valence-corrected chi connectivity index (χ2v) is 3.05. The molecule has 13 heavy (non-hydrogen) atoms. The van der Waals surface area contributed by atoms with Crippen molar-refractivity contribution in [3.63, 3.8) is 0 Å². The van der Waals surface area contributed by atoms with Crippen molar-refractivity contribution in [3.05, 3.63) is 12.7 Å². The van der Waals surface area contributed by atoms with E-state index in [-0.39, 0.29) is 31.3 Å². The van der Waals surface area contributed by atoms with Gasteiger partial charge in [0, 0.05) is 12.8 Å². The summed E-state index contributed by atoms with van der Waals surface area (Å²) in [5, 5.41) is 8.91. The van der Waals surface area contributed by atoms with E-state index in [4.69, 9.17) is 5.11 Å². The Morgan fingerprint density at radius 1 is 1.54 bits per heavy atom. The number of nitrogens with zero attached hydrogens (tertiary/aromatic N) is 1. The number of likely N-dealkylation sites (tertiary alicyclic amines) is 1. The molecule has 72 valence electrons. The number of aliphatic hydroxyl groups is 1. The molecule has 1 saturated heterocycles. The highest BCUT2D eigenvalue weighted by atomic mass is 16.3. The molecule has 1 amide bonds. The molecule has 1 atom stereocenters. The van der Waals surface area contributed by atoms with Crippen LogP contribution in [0.1, 0.15) is 12.8 Å². The third kappa shape index (κ3) is 2.15. The molecule has 0 aromatic carbocycles. The van der Waals surface area contributed by atoms with Gasteiger partial charge in [-0.3, -0.25) is 9.59 Å². The maximum absolute atomic E-state index is 11.3. The number of hydrogen-bond acceptors (Lipinski definition) is 3. The number of rotatable bonds is 3. The zero-order valence-corrected chi connectivity index (χ0v) is 7.40. The summed E-state index contributed by atoms with van der Waals surface area (Å²) in [6, 6.07) is -0.420. The normalized spacial score (nSPS) is 20.2. The second-order valence-electron chi connectivity index (χ2n) is 3.05. The van der Waals surface area contributed by atoms with E-state index in [1.807, 2.05) is 0 Å². The molecule has 1 fully saturated rings. The van der Waals surface area contributed by atoms with E-state index in [1.165, 1.54) is 11.0 Å². The Balaban J connectivity index is 2.69. The molecule has 0 unspecified atom stereocenters. The van der Waals surface area contributed by atoms with Gasteiger partial charge in [0.15, 0.2) is 5.78 Å². The van der Waals surface area contributed by atoms with Gasteiger partial charge in [-0.25, -0.2) is 0 Å². The number of Topliss-reactive ketones (excluding diaryl/α,β-unsaturated/α-hetero) is 1. The van der Waals surface area contributed by atoms with Crippen LogP contribution in [0.25, 0.3) is 0 Å². The topological polar surface area (TPSA) is 57.6 Å². The number of piperidine rings is 1. The van der Waals surface area contributed by atoms with Gasteiger partial charge in [-0.15, -0.1) is 6.58 Å². The molecule has 4 heteroatoms. The molecule has 0 radical (unpaired) electrons. The lowest BCUT2D eigenvalue weighted by Crippen LogP contribution is -2.47. The molecule has 1 heterocycles. The van der Waals surface area contributed by atoms with Crippen LogP contribution in [0.3, 0.4) is 0 Å². The zero-order valence-electron chi connectivity index (χ0n) is 7.40. The predicted molar refractivity (Wildman–Crippen MR) is 47.0 cm³/mol. The molecule has 1 aliphatic heterocycles. The van der Waals surface area contributed by atoms with Gasteiger partial charge in [-0.1, -0.05) is 6.08 Å². The van der Waals surface area contributed by atoms with Gasteiger partial charge in [0.1, 0.15) is 0 Å². The van der Waals surface area contributed by atoms with Crippen LogP contribution >= 0.6 is 0 Å². The summed E-state index contributed by atoms with van der Waals surface area (Å²) in [7, 11) is 0. The zero-order chi connectivity index (χ0) is 9.84. The highest BCUT2D eigenvalue weighted by Gasteiger charge is 2.27. The quantitative estimate of drug-likeness (QED) is 0.612. The van der Waals surface area contributed by atoms with Crippen LogP contribution < -0.4 is 0 Å². The van der Waals surface area contributed by atoms with Crippen molar-refractivity contribution < 1.29 is 14.7 Å². The fourth-order valence-corrected chi connectivity index (χ4v) is 1.35. The van der Waals surface area contributed by atoms with Gasteiger partial charge < -0.3 is 10.0 Å². The summed E-state index contributed by atoms with van der Waals surface area (Å²) in [4.78, 5) is 23.7. The number of hydrogen-bond donors (Lipinski definition) is 1. The molecule has 0 aromatic rings. The van der Waals surface area contributed by atoms with Crippen molar-refractivity contribution >= 4 is 11.7 Å². The molecule has 0 saturated carbocycles. The summed E-state index contributed by atoms with van der Waals surface area (Å²) in [6.45, 7) is 3.43. The van der Waals surface area contributed by atoms with Crippen LogP contribution in [0.15, 0.2) is 12.7 Å². The molecule has 0 spiro atoms. The number of carbonyl (C=O) groups is 2. The molecule has 0 aromatic heterocycles. The van der Waals surface area contributed by atoms with Gasteiger partial charge in [0.05, 0.1) is 19.2 Å². The summed E-state index contributed by atoms with van der Waals surface area (Å²) in [6.07, 6.45) is 2.06. The van der Waals surface area contributed by atoms with Crippen LogP contribution in [-0.4, -0.2) is 40.9 Å². The van der Waals surface area contributed by atoms with Crippen LogP contribution in [0.5, 0.6) is 0 Å². The fraction of sp³-hybridized carbons (Fsp3) is 0.556. The average Bonchev–Trinajstić information content (AvgIpc) is 2.13. The van der Waals surface area contributed by atoms with E-state index in [0.717, 1.165) is 0 Å². The van der Waals surface area contributed by atoms with E-state index in [1.54, 1.807) is 0 Å². The first-order chi connectivity index (χ1) is 6.19. The summed E-state index contributed by atoms with van der Waals surface area (Å²) >= 11 is 0. The molecular weight excluding hydrogens is 170 g/mol. The summed E-state index contributed by atoms with van der Waals surface area (Å²) in [5.41, 5.74) is 0. The minimum absolute atomic E-state index is 0.0416. The van der Waals surface area contributed by atoms with Gasteiger partial charge in [0.2, 0.25) is 5.91 Å². The van der Waals surface area contributed by atoms with Crippen LogP contribution in [-0.2, 0) is 9.59 Å². The van der Waals surface area contributed by atoms with E-state index >= 15 is 0 Å². The highest BCUT2D eigenvalue weighted by molar-refractivity contribution is 5.93. The summed E-state index contributed by atoms with van der Waals surface area (Å²) in [5.74, 6) is -0.0431. The molecule has 1 N–H and O–H groups in total. The van der Waals surface area contributed by atoms with Crippen LogP contribution in [0, 0.1) is 0 Å². The lowest BCUT2D eigenvalue weighted by atomic mass is 10.1. The SMILES string of the molecule is C=C[C@H](CO)N1CC(=O)CCC1=O. The van der Waals surface area contributed by atoms with Crippen molar-refractivity contribution in [2.75, 3.05) is 13.2 Å². The van der Waals surface area contributed by atoms with E-state index in [9.17, 15) is 9.59 Å². The molecule has 0 bridgehead atoms. The Labute approximate surface area is 76.8 Å². The first kappa shape index (κ1) is 9.92. The number of carbonyl (C=O) groups excluding carboxylic acids is 2. The van der Waals surface area contributed by atoms with Gasteiger partial charge in [-0.2, -0.15) is 0 Å². The van der Waals surface area contributed by atoms with Crippen molar-refractivity contribution in [1.29, 1.82) is 0 Å². The number of aliphatic hydroxyl groups excluding tert-OH is 1. The Morgan fingerprint density at radius 3 is 2.77 bits per heavy atom. The highest BCUT2D eigenvalue weighted by Crippen LogP contribution is 2.11. The van der Waals surface area contributed by atoms with E-state index in [2.05, 4.69) is 6.58 Å². The van der Waals surface area contributed by atoms with Crippen molar-refractivity contribution in [2.45, 2.75) is 18.9 Å². The van der Waals surface area contributed by atoms with Crippen molar-refractivity contribution in [1.82, 2.24) is 4.90 Å². The minimum Gasteiger partial charge on any atom is -0.394 e. The third-order valence-electron chi connectivity index (χ3n) is 2.14. The Bertz CT molecular complexity index is 237. The van der Waals surface area contributed by atoms with Gasteiger partial charge in [0.25, 0.3) is 0 Å². The average molecular weight is 183 g/mol.